The zero-order valence-electron chi connectivity index (χ0n) is 15.2. The Morgan fingerprint density at radius 2 is 1.97 bits per heavy atom. The van der Waals surface area contributed by atoms with Gasteiger partial charge in [-0.05, 0) is 36.8 Å². The highest BCUT2D eigenvalue weighted by molar-refractivity contribution is 6.30. The molecule has 0 aliphatic rings. The highest BCUT2D eigenvalue weighted by Gasteiger charge is 2.34. The molecule has 1 heterocycles. The van der Waals surface area contributed by atoms with Gasteiger partial charge in [0.2, 0.25) is 0 Å². The van der Waals surface area contributed by atoms with Crippen molar-refractivity contribution in [2.75, 3.05) is 6.54 Å². The van der Waals surface area contributed by atoms with Crippen molar-refractivity contribution in [1.82, 2.24) is 15.1 Å². The molecule has 1 aromatic heterocycles. The average Bonchev–Trinajstić information content (AvgIpc) is 3.06. The van der Waals surface area contributed by atoms with E-state index >= 15 is 0 Å². The largest absolute Gasteiger partial charge is 0.416 e. The third kappa shape index (κ3) is 4.60. The third-order valence-corrected chi connectivity index (χ3v) is 4.62. The first-order chi connectivity index (χ1) is 13.7. The Hall–Kier alpha value is -2.84. The zero-order chi connectivity index (χ0) is 21.2. The predicted molar refractivity (Wildman–Crippen MR) is 102 cm³/mol. The summed E-state index contributed by atoms with van der Waals surface area (Å²) in [6.07, 6.45) is -4.77. The Morgan fingerprint density at radius 3 is 2.66 bits per heavy atom. The molecule has 1 amide bonds. The molecule has 2 aromatic carbocycles. The van der Waals surface area contributed by atoms with Gasteiger partial charge in [-0.25, -0.2) is 4.68 Å². The molecule has 2 N–H and O–H groups in total. The van der Waals surface area contributed by atoms with E-state index in [1.54, 1.807) is 31.2 Å². The quantitative estimate of drug-likeness (QED) is 0.642. The first kappa shape index (κ1) is 20.9. The third-order valence-electron chi connectivity index (χ3n) is 4.39. The molecule has 152 valence electrons. The van der Waals surface area contributed by atoms with Crippen molar-refractivity contribution >= 4 is 17.5 Å². The van der Waals surface area contributed by atoms with Crippen LogP contribution in [-0.4, -0.2) is 27.3 Å². The SMILES string of the molecule is Cc1c(C(=O)NCC(O)c2ccccc2C(F)(F)F)cnn1-c1cccc(Cl)c1. The second kappa shape index (κ2) is 8.26. The minimum Gasteiger partial charge on any atom is -0.387 e. The highest BCUT2D eigenvalue weighted by atomic mass is 35.5. The van der Waals surface area contributed by atoms with Crippen LogP contribution < -0.4 is 5.32 Å². The number of hydrogen-bond acceptors (Lipinski definition) is 3. The maximum Gasteiger partial charge on any atom is 0.416 e. The van der Waals surface area contributed by atoms with E-state index in [1.165, 1.54) is 29.1 Å². The second-order valence-electron chi connectivity index (χ2n) is 6.35. The number of aromatic nitrogens is 2. The minimum atomic E-state index is -4.60. The summed E-state index contributed by atoms with van der Waals surface area (Å²) >= 11 is 5.98. The van der Waals surface area contributed by atoms with Crippen LogP contribution in [0.3, 0.4) is 0 Å². The van der Waals surface area contributed by atoms with Gasteiger partial charge < -0.3 is 10.4 Å². The van der Waals surface area contributed by atoms with Crippen LogP contribution in [0.25, 0.3) is 5.69 Å². The smallest absolute Gasteiger partial charge is 0.387 e. The Balaban J connectivity index is 1.74. The van der Waals surface area contributed by atoms with Crippen LogP contribution in [0.1, 0.15) is 33.3 Å². The second-order valence-corrected chi connectivity index (χ2v) is 6.78. The number of nitrogens with one attached hydrogen (secondary N) is 1. The summed E-state index contributed by atoms with van der Waals surface area (Å²) in [5, 5.41) is 17.3. The van der Waals surface area contributed by atoms with E-state index in [9.17, 15) is 23.1 Å². The molecule has 0 saturated carbocycles. The van der Waals surface area contributed by atoms with Crippen molar-refractivity contribution < 1.29 is 23.1 Å². The Kier molecular flexibility index (Phi) is 5.95. The molecular formula is C20H17ClF3N3O2. The number of aliphatic hydroxyl groups is 1. The number of alkyl halides is 3. The average molecular weight is 424 g/mol. The summed E-state index contributed by atoms with van der Waals surface area (Å²) < 4.78 is 40.8. The molecule has 1 unspecified atom stereocenters. The van der Waals surface area contributed by atoms with Crippen molar-refractivity contribution in [2.45, 2.75) is 19.2 Å². The van der Waals surface area contributed by atoms with Crippen LogP contribution in [0.2, 0.25) is 5.02 Å². The van der Waals surface area contributed by atoms with E-state index in [4.69, 9.17) is 11.6 Å². The van der Waals surface area contributed by atoms with Crippen molar-refractivity contribution in [3.8, 4) is 5.69 Å². The lowest BCUT2D eigenvalue weighted by molar-refractivity contribution is -0.139. The van der Waals surface area contributed by atoms with E-state index in [0.29, 0.717) is 16.4 Å². The number of carbonyl (C=O) groups is 1. The molecule has 0 bridgehead atoms. The molecule has 0 spiro atoms. The molecule has 3 aromatic rings. The van der Waals surface area contributed by atoms with Gasteiger partial charge >= 0.3 is 6.18 Å². The summed E-state index contributed by atoms with van der Waals surface area (Å²) in [7, 11) is 0. The molecule has 0 aliphatic heterocycles. The number of hydrogen-bond donors (Lipinski definition) is 2. The lowest BCUT2D eigenvalue weighted by atomic mass is 10.0. The van der Waals surface area contributed by atoms with Gasteiger partial charge in [0, 0.05) is 11.6 Å². The van der Waals surface area contributed by atoms with E-state index < -0.39 is 23.8 Å². The Bertz CT molecular complexity index is 1030. The first-order valence-corrected chi connectivity index (χ1v) is 8.99. The molecular weight excluding hydrogens is 407 g/mol. The van der Waals surface area contributed by atoms with Crippen LogP contribution >= 0.6 is 11.6 Å². The van der Waals surface area contributed by atoms with Gasteiger partial charge in [-0.2, -0.15) is 18.3 Å². The molecule has 0 saturated heterocycles. The zero-order valence-corrected chi connectivity index (χ0v) is 16.0. The lowest BCUT2D eigenvalue weighted by Crippen LogP contribution is -2.29. The van der Waals surface area contributed by atoms with Crippen LogP contribution in [0, 0.1) is 6.92 Å². The van der Waals surface area contributed by atoms with Crippen LogP contribution in [0.4, 0.5) is 13.2 Å². The maximum atomic E-state index is 13.1. The van der Waals surface area contributed by atoms with Gasteiger partial charge in [0.1, 0.15) is 0 Å². The monoisotopic (exact) mass is 423 g/mol. The summed E-state index contributed by atoms with van der Waals surface area (Å²) in [6.45, 7) is 1.30. The summed E-state index contributed by atoms with van der Waals surface area (Å²) in [6, 6.07) is 11.6. The number of benzene rings is 2. The number of aliphatic hydroxyl groups excluding tert-OH is 1. The molecule has 0 radical (unpaired) electrons. The topological polar surface area (TPSA) is 67.2 Å². The molecule has 0 fully saturated rings. The number of rotatable bonds is 5. The molecule has 29 heavy (non-hydrogen) atoms. The fraction of sp³-hybridized carbons (Fsp3) is 0.200. The van der Waals surface area contributed by atoms with Crippen molar-refractivity contribution in [2.24, 2.45) is 0 Å². The van der Waals surface area contributed by atoms with E-state index in [2.05, 4.69) is 10.4 Å². The van der Waals surface area contributed by atoms with E-state index in [-0.39, 0.29) is 17.7 Å². The standard InChI is InChI=1S/C20H17ClF3N3O2/c1-12-16(10-26-27(12)14-6-4-5-13(21)9-14)19(29)25-11-18(28)15-7-2-3-8-17(15)20(22,23)24/h2-10,18,28H,11H2,1H3,(H,25,29). The minimum absolute atomic E-state index is 0.237. The molecule has 0 aliphatic carbocycles. The molecule has 5 nitrogen and oxygen atoms in total. The number of amides is 1. The van der Waals surface area contributed by atoms with E-state index in [1.807, 2.05) is 0 Å². The number of carbonyl (C=O) groups excluding carboxylic acids is 1. The van der Waals surface area contributed by atoms with Crippen LogP contribution in [-0.2, 0) is 6.18 Å². The van der Waals surface area contributed by atoms with Gasteiger partial charge in [-0.3, -0.25) is 4.79 Å². The summed E-state index contributed by atoms with van der Waals surface area (Å²) in [4.78, 5) is 12.5. The lowest BCUT2D eigenvalue weighted by Gasteiger charge is -2.17. The van der Waals surface area contributed by atoms with Crippen molar-refractivity contribution in [3.63, 3.8) is 0 Å². The van der Waals surface area contributed by atoms with E-state index in [0.717, 1.165) is 6.07 Å². The normalized spacial score (nSPS) is 12.6. The number of halogens is 4. The molecule has 3 rings (SSSR count). The number of nitrogens with zero attached hydrogens (tertiary/aromatic N) is 2. The van der Waals surface area contributed by atoms with Gasteiger partial charge in [0.25, 0.3) is 5.91 Å². The van der Waals surface area contributed by atoms with Gasteiger partial charge in [-0.1, -0.05) is 35.9 Å². The molecule has 1 atom stereocenters. The highest BCUT2D eigenvalue weighted by Crippen LogP contribution is 2.34. The fourth-order valence-electron chi connectivity index (χ4n) is 2.94. The van der Waals surface area contributed by atoms with Gasteiger partial charge in [0.05, 0.1) is 34.8 Å². The van der Waals surface area contributed by atoms with Crippen molar-refractivity contribution in [1.29, 1.82) is 0 Å². The predicted octanol–water partition coefficient (Wildman–Crippen LogP) is 4.32. The van der Waals surface area contributed by atoms with Crippen molar-refractivity contribution in [3.05, 3.63) is 82.1 Å². The Labute approximate surface area is 169 Å². The van der Waals surface area contributed by atoms with Gasteiger partial charge in [0.15, 0.2) is 0 Å². The fourth-order valence-corrected chi connectivity index (χ4v) is 3.13. The van der Waals surface area contributed by atoms with Gasteiger partial charge in [-0.15, -0.1) is 0 Å². The van der Waals surface area contributed by atoms with Crippen LogP contribution in [0.5, 0.6) is 0 Å². The maximum absolute atomic E-state index is 13.1. The van der Waals surface area contributed by atoms with Crippen LogP contribution in [0.15, 0.2) is 54.7 Å². The molecule has 9 heteroatoms. The summed E-state index contributed by atoms with van der Waals surface area (Å²) in [5.74, 6) is -0.556. The Morgan fingerprint density at radius 1 is 1.24 bits per heavy atom. The first-order valence-electron chi connectivity index (χ1n) is 8.61. The summed E-state index contributed by atoms with van der Waals surface area (Å²) in [5.41, 5.74) is 0.183.